The van der Waals surface area contributed by atoms with Crippen molar-refractivity contribution in [3.8, 4) is 6.07 Å². The third-order valence-electron chi connectivity index (χ3n) is 3.51. The largest absolute Gasteiger partial charge is 0.352 e. The van der Waals surface area contributed by atoms with E-state index in [0.717, 1.165) is 12.1 Å². The maximum absolute atomic E-state index is 12.0. The number of hydrogen-bond acceptors (Lipinski definition) is 4. The van der Waals surface area contributed by atoms with Crippen molar-refractivity contribution in [1.82, 2.24) is 9.97 Å². The summed E-state index contributed by atoms with van der Waals surface area (Å²) in [6, 6.07) is 13.3. The second kappa shape index (κ2) is 5.70. The second-order valence-corrected chi connectivity index (χ2v) is 4.89. The zero-order valence-electron chi connectivity index (χ0n) is 12.1. The maximum atomic E-state index is 12.0. The van der Waals surface area contributed by atoms with Gasteiger partial charge < -0.3 is 10.3 Å². The maximum Gasteiger partial charge on any atom is 0.268 e. The lowest BCUT2D eigenvalue weighted by Crippen LogP contribution is -2.13. The van der Waals surface area contributed by atoms with Crippen molar-refractivity contribution < 1.29 is 0 Å². The summed E-state index contributed by atoms with van der Waals surface area (Å²) >= 11 is 0. The molecule has 0 amide bonds. The summed E-state index contributed by atoms with van der Waals surface area (Å²) < 4.78 is 0. The van der Waals surface area contributed by atoms with E-state index in [0.29, 0.717) is 16.7 Å². The Morgan fingerprint density at radius 1 is 1.27 bits per heavy atom. The molecular weight excluding hydrogens is 276 g/mol. The minimum absolute atomic E-state index is 0.0331. The van der Waals surface area contributed by atoms with E-state index in [2.05, 4.69) is 22.2 Å². The van der Waals surface area contributed by atoms with Crippen LogP contribution in [0, 0.1) is 11.3 Å². The molecule has 0 saturated heterocycles. The molecule has 22 heavy (non-hydrogen) atoms. The molecule has 2 aromatic heterocycles. The van der Waals surface area contributed by atoms with E-state index in [9.17, 15) is 10.1 Å². The van der Waals surface area contributed by atoms with Gasteiger partial charge in [0.1, 0.15) is 17.1 Å². The quantitative estimate of drug-likeness (QED) is 0.776. The number of anilines is 2. The number of aryl methyl sites for hydroxylation is 1. The number of rotatable bonds is 3. The highest BCUT2D eigenvalue weighted by atomic mass is 16.1. The number of nitrogens with one attached hydrogen (secondary N) is 2. The van der Waals surface area contributed by atoms with E-state index in [4.69, 9.17) is 0 Å². The molecule has 108 valence electrons. The summed E-state index contributed by atoms with van der Waals surface area (Å²) in [6.07, 6.45) is 2.59. The Bertz CT molecular complexity index is 920. The molecule has 0 aliphatic carbocycles. The molecule has 0 unspecified atom stereocenters. The molecule has 1 aromatic carbocycles. The zero-order valence-corrected chi connectivity index (χ0v) is 12.1. The number of pyridine rings is 2. The molecule has 0 aliphatic rings. The smallest absolute Gasteiger partial charge is 0.268 e. The SMILES string of the molecule is CCc1ccc(Nc2c(C#N)c(=O)[nH]c3cccnc23)cc1. The van der Waals surface area contributed by atoms with Crippen LogP contribution in [0.4, 0.5) is 11.4 Å². The van der Waals surface area contributed by atoms with Gasteiger partial charge in [-0.2, -0.15) is 5.26 Å². The number of hydrogen-bond donors (Lipinski definition) is 2. The topological polar surface area (TPSA) is 81.6 Å². The van der Waals surface area contributed by atoms with Crippen LogP contribution in [0.3, 0.4) is 0 Å². The van der Waals surface area contributed by atoms with E-state index in [1.807, 2.05) is 30.3 Å². The van der Waals surface area contributed by atoms with Crippen LogP contribution in [0.5, 0.6) is 0 Å². The van der Waals surface area contributed by atoms with Gasteiger partial charge in [0.15, 0.2) is 0 Å². The highest BCUT2D eigenvalue weighted by Gasteiger charge is 2.13. The predicted octanol–water partition coefficient (Wildman–Crippen LogP) is 3.10. The summed E-state index contributed by atoms with van der Waals surface area (Å²) in [5, 5.41) is 12.4. The number of H-pyrrole nitrogens is 1. The van der Waals surface area contributed by atoms with E-state index >= 15 is 0 Å². The molecule has 2 heterocycles. The first-order valence-corrected chi connectivity index (χ1v) is 7.00. The molecule has 5 nitrogen and oxygen atoms in total. The monoisotopic (exact) mass is 290 g/mol. The molecule has 0 fully saturated rings. The summed E-state index contributed by atoms with van der Waals surface area (Å²) in [4.78, 5) is 19.0. The van der Waals surface area contributed by atoms with Crippen LogP contribution in [0.25, 0.3) is 11.0 Å². The van der Waals surface area contributed by atoms with Gasteiger partial charge in [0.2, 0.25) is 0 Å². The Kier molecular flexibility index (Phi) is 3.58. The van der Waals surface area contributed by atoms with E-state index < -0.39 is 5.56 Å². The van der Waals surface area contributed by atoms with E-state index in [1.54, 1.807) is 18.3 Å². The molecule has 0 radical (unpaired) electrons. The summed E-state index contributed by atoms with van der Waals surface area (Å²) in [6.45, 7) is 2.09. The summed E-state index contributed by atoms with van der Waals surface area (Å²) in [7, 11) is 0. The van der Waals surface area contributed by atoms with Crippen molar-refractivity contribution in [2.45, 2.75) is 13.3 Å². The van der Waals surface area contributed by atoms with Gasteiger partial charge >= 0.3 is 0 Å². The van der Waals surface area contributed by atoms with E-state index in [1.165, 1.54) is 5.56 Å². The molecule has 0 aliphatic heterocycles. The molecule has 0 atom stereocenters. The van der Waals surface area contributed by atoms with E-state index in [-0.39, 0.29) is 5.56 Å². The molecule has 0 bridgehead atoms. The first-order chi connectivity index (χ1) is 10.7. The van der Waals surface area contributed by atoms with Crippen LogP contribution in [0.2, 0.25) is 0 Å². The molecule has 0 spiro atoms. The lowest BCUT2D eigenvalue weighted by Gasteiger charge is -2.11. The Balaban J connectivity index is 2.16. The van der Waals surface area contributed by atoms with Crippen LogP contribution < -0.4 is 10.9 Å². The average Bonchev–Trinajstić information content (AvgIpc) is 2.55. The Morgan fingerprint density at radius 3 is 2.73 bits per heavy atom. The Hall–Kier alpha value is -3.13. The van der Waals surface area contributed by atoms with Crippen LogP contribution in [-0.4, -0.2) is 9.97 Å². The minimum Gasteiger partial charge on any atom is -0.352 e. The van der Waals surface area contributed by atoms with Gasteiger partial charge in [-0.05, 0) is 36.2 Å². The standard InChI is InChI=1S/C17H14N4O/c1-2-11-5-7-12(8-6-11)20-15-13(10-18)17(22)21-14-4-3-9-19-16(14)15/h3-9H,2H2,1H3,(H2,20,21,22). The van der Waals surface area contributed by atoms with Crippen molar-refractivity contribution in [3.05, 3.63) is 64.1 Å². The van der Waals surface area contributed by atoms with Gasteiger partial charge in [-0.3, -0.25) is 9.78 Å². The third kappa shape index (κ3) is 2.42. The minimum atomic E-state index is -0.421. The average molecular weight is 290 g/mol. The number of aromatic nitrogens is 2. The molecule has 2 N–H and O–H groups in total. The lowest BCUT2D eigenvalue weighted by molar-refractivity contribution is 1.14. The molecule has 0 saturated carbocycles. The van der Waals surface area contributed by atoms with Gasteiger partial charge in [0, 0.05) is 11.9 Å². The van der Waals surface area contributed by atoms with Gasteiger partial charge in [-0.1, -0.05) is 19.1 Å². The molecule has 3 rings (SSSR count). The van der Waals surface area contributed by atoms with Crippen molar-refractivity contribution in [2.24, 2.45) is 0 Å². The highest BCUT2D eigenvalue weighted by molar-refractivity contribution is 5.92. The van der Waals surface area contributed by atoms with Gasteiger partial charge in [-0.15, -0.1) is 0 Å². The van der Waals surface area contributed by atoms with Gasteiger partial charge in [0.25, 0.3) is 5.56 Å². The number of fused-ring (bicyclic) bond motifs is 1. The third-order valence-corrected chi connectivity index (χ3v) is 3.51. The molecule has 5 heteroatoms. The van der Waals surface area contributed by atoms with Crippen molar-refractivity contribution in [2.75, 3.05) is 5.32 Å². The van der Waals surface area contributed by atoms with Crippen molar-refractivity contribution >= 4 is 22.4 Å². The second-order valence-electron chi connectivity index (χ2n) is 4.89. The highest BCUT2D eigenvalue weighted by Crippen LogP contribution is 2.25. The Morgan fingerprint density at radius 2 is 2.05 bits per heavy atom. The fourth-order valence-electron chi connectivity index (χ4n) is 2.32. The Labute approximate surface area is 127 Å². The molecular formula is C17H14N4O. The summed E-state index contributed by atoms with van der Waals surface area (Å²) in [5.41, 5.74) is 3.25. The molecule has 3 aromatic rings. The van der Waals surface area contributed by atoms with Gasteiger partial charge in [-0.25, -0.2) is 0 Å². The lowest BCUT2D eigenvalue weighted by atomic mass is 10.1. The van der Waals surface area contributed by atoms with Crippen molar-refractivity contribution in [3.63, 3.8) is 0 Å². The normalized spacial score (nSPS) is 10.4. The first kappa shape index (κ1) is 13.8. The van der Waals surface area contributed by atoms with Crippen molar-refractivity contribution in [1.29, 1.82) is 5.26 Å². The summed E-state index contributed by atoms with van der Waals surface area (Å²) in [5.74, 6) is 0. The fraction of sp³-hybridized carbons (Fsp3) is 0.118. The first-order valence-electron chi connectivity index (χ1n) is 7.00. The van der Waals surface area contributed by atoms with Gasteiger partial charge in [0.05, 0.1) is 11.2 Å². The predicted molar refractivity (Wildman–Crippen MR) is 86.2 cm³/mol. The van der Waals surface area contributed by atoms with Crippen LogP contribution in [-0.2, 0) is 6.42 Å². The number of aromatic amines is 1. The van der Waals surface area contributed by atoms with Crippen LogP contribution in [0.1, 0.15) is 18.1 Å². The number of nitriles is 1. The fourth-order valence-corrected chi connectivity index (χ4v) is 2.32. The number of benzene rings is 1. The number of nitrogens with zero attached hydrogens (tertiary/aromatic N) is 2. The van der Waals surface area contributed by atoms with Crippen LogP contribution >= 0.6 is 0 Å². The zero-order chi connectivity index (χ0) is 15.5. The van der Waals surface area contributed by atoms with Crippen LogP contribution in [0.15, 0.2) is 47.4 Å².